The number of benzene rings is 1. The lowest BCUT2D eigenvalue weighted by Gasteiger charge is -2.40. The van der Waals surface area contributed by atoms with Crippen LogP contribution < -0.4 is 0 Å². The molecule has 2 saturated heterocycles. The first-order valence-corrected chi connectivity index (χ1v) is 8.74. The van der Waals surface area contributed by atoms with Gasteiger partial charge in [0, 0.05) is 25.0 Å². The molecule has 4 rings (SSSR count). The van der Waals surface area contributed by atoms with Crippen molar-refractivity contribution in [2.45, 2.75) is 38.5 Å². The van der Waals surface area contributed by atoms with Crippen LogP contribution in [0.4, 0.5) is 4.79 Å². The number of hydrogen-bond acceptors (Lipinski definition) is 3. The fourth-order valence-corrected chi connectivity index (χ4v) is 3.79. The summed E-state index contributed by atoms with van der Waals surface area (Å²) in [6, 6.07) is 9.71. The van der Waals surface area contributed by atoms with Gasteiger partial charge in [-0.2, -0.15) is 0 Å². The smallest absolute Gasteiger partial charge is 0.337 e. The zero-order chi connectivity index (χ0) is 16.7. The van der Waals surface area contributed by atoms with Crippen LogP contribution in [0.2, 0.25) is 0 Å². The molecule has 0 bridgehead atoms. The molecule has 3 amide bonds. The number of amides is 3. The van der Waals surface area contributed by atoms with E-state index in [1.54, 1.807) is 4.90 Å². The van der Waals surface area contributed by atoms with Crippen LogP contribution in [0.3, 0.4) is 0 Å². The van der Waals surface area contributed by atoms with Gasteiger partial charge in [0.1, 0.15) is 12.6 Å². The first-order chi connectivity index (χ1) is 11.7. The molecular formula is C18H23N3O3. The van der Waals surface area contributed by atoms with Gasteiger partial charge < -0.3 is 9.80 Å². The average Bonchev–Trinajstić information content (AvgIpc) is 3.39. The third-order valence-corrected chi connectivity index (χ3v) is 5.17. The van der Waals surface area contributed by atoms with Crippen LogP contribution in [-0.2, 0) is 16.2 Å². The quantitative estimate of drug-likeness (QED) is 0.829. The molecule has 2 atom stereocenters. The van der Waals surface area contributed by atoms with Gasteiger partial charge in [0.25, 0.3) is 0 Å². The van der Waals surface area contributed by atoms with E-state index >= 15 is 0 Å². The Morgan fingerprint density at radius 2 is 1.88 bits per heavy atom. The fraction of sp³-hybridized carbons (Fsp3) is 0.556. The van der Waals surface area contributed by atoms with Gasteiger partial charge in [-0.05, 0) is 25.3 Å². The van der Waals surface area contributed by atoms with Gasteiger partial charge in [0.05, 0.1) is 6.54 Å². The van der Waals surface area contributed by atoms with Gasteiger partial charge in [-0.15, -0.1) is 0 Å². The Balaban J connectivity index is 1.47. The minimum Gasteiger partial charge on any atom is -0.337 e. The molecule has 3 fully saturated rings. The van der Waals surface area contributed by atoms with Crippen LogP contribution in [0.25, 0.3) is 0 Å². The van der Waals surface area contributed by atoms with Crippen molar-refractivity contribution in [3.05, 3.63) is 35.9 Å². The molecular weight excluding hydrogens is 306 g/mol. The zero-order valence-corrected chi connectivity index (χ0v) is 13.9. The molecule has 0 spiro atoms. The standard InChI is InChI=1S/C18H23N3O3/c1-2-19-16-14(10-20(17(16)22)15-8-9-15)11-21(18(19)23)24-12-13-6-4-3-5-7-13/h3-7,14-16H,2,8-12H2,1H3/t14-,16+/m1/s1. The summed E-state index contributed by atoms with van der Waals surface area (Å²) in [5.41, 5.74) is 1.03. The molecule has 1 aromatic rings. The van der Waals surface area contributed by atoms with Crippen LogP contribution in [0.15, 0.2) is 30.3 Å². The van der Waals surface area contributed by atoms with Crippen molar-refractivity contribution in [2.24, 2.45) is 5.92 Å². The van der Waals surface area contributed by atoms with Crippen LogP contribution in [0.1, 0.15) is 25.3 Å². The van der Waals surface area contributed by atoms with E-state index in [1.807, 2.05) is 42.2 Å². The van der Waals surface area contributed by atoms with E-state index in [0.717, 1.165) is 24.9 Å². The maximum absolute atomic E-state index is 12.7. The lowest BCUT2D eigenvalue weighted by atomic mass is 9.99. The topological polar surface area (TPSA) is 53.1 Å². The van der Waals surface area contributed by atoms with Gasteiger partial charge in [-0.3, -0.25) is 9.63 Å². The summed E-state index contributed by atoms with van der Waals surface area (Å²) in [5, 5.41) is 1.45. The van der Waals surface area contributed by atoms with Crippen molar-refractivity contribution in [3.8, 4) is 0 Å². The average molecular weight is 329 g/mol. The Hall–Kier alpha value is -2.08. The highest BCUT2D eigenvalue weighted by Crippen LogP contribution is 2.37. The van der Waals surface area contributed by atoms with Gasteiger partial charge >= 0.3 is 6.03 Å². The molecule has 1 saturated carbocycles. The maximum atomic E-state index is 12.7. The second kappa shape index (κ2) is 6.09. The normalized spacial score (nSPS) is 27.0. The molecule has 6 heteroatoms. The number of nitrogens with zero attached hydrogens (tertiary/aromatic N) is 3. The molecule has 128 valence electrons. The number of hydroxylamine groups is 2. The van der Waals surface area contributed by atoms with Gasteiger partial charge in [0.15, 0.2) is 0 Å². The van der Waals surface area contributed by atoms with Crippen LogP contribution >= 0.6 is 0 Å². The first-order valence-electron chi connectivity index (χ1n) is 8.74. The summed E-state index contributed by atoms with van der Waals surface area (Å²) in [6.07, 6.45) is 2.19. The second-order valence-corrected chi connectivity index (χ2v) is 6.82. The van der Waals surface area contributed by atoms with E-state index in [-0.39, 0.29) is 23.9 Å². The summed E-state index contributed by atoms with van der Waals surface area (Å²) in [4.78, 5) is 34.8. The Morgan fingerprint density at radius 1 is 1.12 bits per heavy atom. The van der Waals surface area contributed by atoms with Crippen LogP contribution in [0.5, 0.6) is 0 Å². The highest BCUT2D eigenvalue weighted by molar-refractivity contribution is 5.90. The Kier molecular flexibility index (Phi) is 3.92. The number of carbonyl (C=O) groups excluding carboxylic acids is 2. The summed E-state index contributed by atoms with van der Waals surface area (Å²) < 4.78 is 0. The summed E-state index contributed by atoms with van der Waals surface area (Å²) in [7, 11) is 0. The van der Waals surface area contributed by atoms with E-state index in [4.69, 9.17) is 4.84 Å². The number of likely N-dealkylation sites (N-methyl/N-ethyl adjacent to an activating group) is 1. The molecule has 0 radical (unpaired) electrons. The van der Waals surface area contributed by atoms with Crippen molar-refractivity contribution in [1.29, 1.82) is 0 Å². The number of rotatable bonds is 5. The molecule has 24 heavy (non-hydrogen) atoms. The third-order valence-electron chi connectivity index (χ3n) is 5.17. The van der Waals surface area contributed by atoms with Crippen LogP contribution in [-0.4, -0.2) is 58.5 Å². The SMILES string of the molecule is CCN1C(=O)N(OCc2ccccc2)C[C@H]2CN(C3CC3)C(=O)[C@H]21. The molecule has 1 aromatic carbocycles. The number of hydrogen-bond donors (Lipinski definition) is 0. The van der Waals surface area contributed by atoms with Gasteiger partial charge in [-0.1, -0.05) is 30.3 Å². The monoisotopic (exact) mass is 329 g/mol. The van der Waals surface area contributed by atoms with Gasteiger partial charge in [-0.25, -0.2) is 9.86 Å². The van der Waals surface area contributed by atoms with E-state index in [9.17, 15) is 9.59 Å². The molecule has 0 unspecified atom stereocenters. The molecule has 2 heterocycles. The van der Waals surface area contributed by atoms with Crippen molar-refractivity contribution < 1.29 is 14.4 Å². The summed E-state index contributed by atoms with van der Waals surface area (Å²) in [5.74, 6) is 0.256. The van der Waals surface area contributed by atoms with E-state index < -0.39 is 0 Å². The number of urea groups is 1. The third kappa shape index (κ3) is 2.65. The highest BCUT2D eigenvalue weighted by Gasteiger charge is 2.53. The molecule has 0 N–H and O–H groups in total. The van der Waals surface area contributed by atoms with E-state index in [1.165, 1.54) is 5.06 Å². The molecule has 1 aliphatic carbocycles. The predicted molar refractivity (Wildman–Crippen MR) is 87.7 cm³/mol. The summed E-state index contributed by atoms with van der Waals surface area (Å²) >= 11 is 0. The van der Waals surface area contributed by atoms with E-state index in [0.29, 0.717) is 25.7 Å². The summed E-state index contributed by atoms with van der Waals surface area (Å²) in [6.45, 7) is 4.03. The lowest BCUT2D eigenvalue weighted by Crippen LogP contribution is -2.59. The highest BCUT2D eigenvalue weighted by atomic mass is 16.7. The molecule has 2 aliphatic heterocycles. The van der Waals surface area contributed by atoms with Gasteiger partial charge in [0.2, 0.25) is 5.91 Å². The minimum absolute atomic E-state index is 0.125. The maximum Gasteiger partial charge on any atom is 0.344 e. The molecule has 3 aliphatic rings. The lowest BCUT2D eigenvalue weighted by molar-refractivity contribution is -0.162. The largest absolute Gasteiger partial charge is 0.344 e. The zero-order valence-electron chi connectivity index (χ0n) is 13.9. The molecule has 0 aromatic heterocycles. The molecule has 6 nitrogen and oxygen atoms in total. The predicted octanol–water partition coefficient (Wildman–Crippen LogP) is 1.87. The van der Waals surface area contributed by atoms with E-state index in [2.05, 4.69) is 0 Å². The van der Waals surface area contributed by atoms with Crippen molar-refractivity contribution >= 4 is 11.9 Å². The number of likely N-dealkylation sites (tertiary alicyclic amines) is 1. The van der Waals surface area contributed by atoms with Crippen LogP contribution in [0, 0.1) is 5.92 Å². The number of fused-ring (bicyclic) bond motifs is 1. The number of carbonyl (C=O) groups is 2. The van der Waals surface area contributed by atoms with Crippen molar-refractivity contribution in [3.63, 3.8) is 0 Å². The Morgan fingerprint density at radius 3 is 2.54 bits per heavy atom. The Labute approximate surface area is 141 Å². The fourth-order valence-electron chi connectivity index (χ4n) is 3.79. The first kappa shape index (κ1) is 15.4. The Bertz CT molecular complexity index is 632. The van der Waals surface area contributed by atoms with Crippen molar-refractivity contribution in [2.75, 3.05) is 19.6 Å². The second-order valence-electron chi connectivity index (χ2n) is 6.82. The van der Waals surface area contributed by atoms with Crippen molar-refractivity contribution in [1.82, 2.24) is 14.9 Å². The minimum atomic E-state index is -0.306.